The molecular formula is C14H15FO4. The van der Waals surface area contributed by atoms with Crippen LogP contribution in [-0.4, -0.2) is 30.3 Å². The van der Waals surface area contributed by atoms with E-state index in [0.717, 1.165) is 0 Å². The largest absolute Gasteiger partial charge is 0.458 e. The van der Waals surface area contributed by atoms with Gasteiger partial charge in [-0.05, 0) is 19.1 Å². The maximum absolute atomic E-state index is 13.9. The van der Waals surface area contributed by atoms with Crippen molar-refractivity contribution in [3.05, 3.63) is 35.9 Å². The molecule has 1 aromatic carbocycles. The quantitative estimate of drug-likeness (QED) is 0.786. The standard InChI is InChI=1S/C14H15FO4/c1-9-11(19-13(17)14(9,2)15)8-18-12(16)10-6-4-3-5-7-10/h3-7,9,11H,8H2,1-2H3/t9?,11-,14-/m1/s1. The van der Waals surface area contributed by atoms with Crippen LogP contribution in [0.25, 0.3) is 0 Å². The first-order chi connectivity index (χ1) is 8.93. The van der Waals surface area contributed by atoms with Gasteiger partial charge >= 0.3 is 11.9 Å². The van der Waals surface area contributed by atoms with Crippen LogP contribution in [0.15, 0.2) is 30.3 Å². The Morgan fingerprint density at radius 1 is 1.42 bits per heavy atom. The Kier molecular flexibility index (Phi) is 3.55. The molecule has 2 rings (SSSR count). The van der Waals surface area contributed by atoms with Crippen molar-refractivity contribution in [2.24, 2.45) is 5.92 Å². The summed E-state index contributed by atoms with van der Waals surface area (Å²) in [6.07, 6.45) is -0.741. The number of halogens is 1. The van der Waals surface area contributed by atoms with Gasteiger partial charge in [-0.25, -0.2) is 14.0 Å². The summed E-state index contributed by atoms with van der Waals surface area (Å²) in [7, 11) is 0. The average molecular weight is 266 g/mol. The first-order valence-corrected chi connectivity index (χ1v) is 6.05. The molecule has 102 valence electrons. The maximum atomic E-state index is 13.9. The minimum absolute atomic E-state index is 0.139. The number of rotatable bonds is 3. The van der Waals surface area contributed by atoms with Crippen LogP contribution in [0.2, 0.25) is 0 Å². The topological polar surface area (TPSA) is 52.6 Å². The molecule has 0 bridgehead atoms. The Bertz CT molecular complexity index is 483. The van der Waals surface area contributed by atoms with E-state index in [1.165, 1.54) is 6.92 Å². The van der Waals surface area contributed by atoms with Crippen LogP contribution >= 0.6 is 0 Å². The van der Waals surface area contributed by atoms with Crippen molar-refractivity contribution in [3.8, 4) is 0 Å². The van der Waals surface area contributed by atoms with Crippen molar-refractivity contribution in [3.63, 3.8) is 0 Å². The van der Waals surface area contributed by atoms with Gasteiger partial charge in [0.2, 0.25) is 5.67 Å². The van der Waals surface area contributed by atoms with E-state index in [1.807, 2.05) is 0 Å². The van der Waals surface area contributed by atoms with Crippen LogP contribution < -0.4 is 0 Å². The monoisotopic (exact) mass is 266 g/mol. The van der Waals surface area contributed by atoms with Gasteiger partial charge in [0.05, 0.1) is 5.56 Å². The van der Waals surface area contributed by atoms with Crippen molar-refractivity contribution in [1.29, 1.82) is 0 Å². The second-order valence-corrected chi connectivity index (χ2v) is 4.77. The van der Waals surface area contributed by atoms with Crippen LogP contribution in [-0.2, 0) is 14.3 Å². The number of hydrogen-bond acceptors (Lipinski definition) is 4. The highest BCUT2D eigenvalue weighted by atomic mass is 19.1. The Labute approximate surface area is 110 Å². The number of alkyl halides is 1. The molecule has 1 unspecified atom stereocenters. The normalized spacial score (nSPS) is 29.9. The smallest absolute Gasteiger partial charge is 0.344 e. The number of ether oxygens (including phenoxy) is 2. The third-order valence-electron chi connectivity index (χ3n) is 3.46. The fourth-order valence-electron chi connectivity index (χ4n) is 1.88. The highest BCUT2D eigenvalue weighted by molar-refractivity contribution is 5.89. The highest BCUT2D eigenvalue weighted by Gasteiger charge is 2.53. The summed E-state index contributed by atoms with van der Waals surface area (Å²) in [5, 5.41) is 0. The van der Waals surface area contributed by atoms with Crippen molar-refractivity contribution in [1.82, 2.24) is 0 Å². The second-order valence-electron chi connectivity index (χ2n) is 4.77. The molecule has 1 aliphatic heterocycles. The molecule has 3 atom stereocenters. The molecule has 1 heterocycles. The number of carbonyl (C=O) groups is 2. The van der Waals surface area contributed by atoms with Gasteiger partial charge in [-0.15, -0.1) is 0 Å². The minimum atomic E-state index is -2.02. The van der Waals surface area contributed by atoms with Crippen LogP contribution in [0.3, 0.4) is 0 Å². The number of esters is 2. The van der Waals surface area contributed by atoms with Crippen molar-refractivity contribution >= 4 is 11.9 Å². The molecule has 19 heavy (non-hydrogen) atoms. The highest BCUT2D eigenvalue weighted by Crippen LogP contribution is 2.35. The van der Waals surface area contributed by atoms with Gasteiger partial charge in [-0.1, -0.05) is 25.1 Å². The van der Waals surface area contributed by atoms with Gasteiger partial charge in [0.1, 0.15) is 12.7 Å². The molecule has 0 N–H and O–H groups in total. The summed E-state index contributed by atoms with van der Waals surface area (Å²) in [4.78, 5) is 23.0. The third kappa shape index (κ3) is 2.59. The average Bonchev–Trinajstić information content (AvgIpc) is 2.60. The summed E-state index contributed by atoms with van der Waals surface area (Å²) in [6, 6.07) is 8.45. The predicted molar refractivity (Wildman–Crippen MR) is 65.3 cm³/mol. The summed E-state index contributed by atoms with van der Waals surface area (Å²) >= 11 is 0. The van der Waals surface area contributed by atoms with Gasteiger partial charge in [-0.3, -0.25) is 0 Å². The van der Waals surface area contributed by atoms with Crippen LogP contribution in [0, 0.1) is 5.92 Å². The lowest BCUT2D eigenvalue weighted by Gasteiger charge is -2.17. The minimum Gasteiger partial charge on any atom is -0.458 e. The molecule has 0 amide bonds. The lowest BCUT2D eigenvalue weighted by atomic mass is 9.91. The molecule has 1 aliphatic rings. The molecule has 4 nitrogen and oxygen atoms in total. The van der Waals surface area contributed by atoms with Gasteiger partial charge in [-0.2, -0.15) is 0 Å². The molecule has 0 aromatic heterocycles. The molecule has 0 saturated carbocycles. The second kappa shape index (κ2) is 4.99. The van der Waals surface area contributed by atoms with Crippen LogP contribution in [0.5, 0.6) is 0 Å². The molecule has 5 heteroatoms. The van der Waals surface area contributed by atoms with Gasteiger partial charge in [0.25, 0.3) is 0 Å². The zero-order valence-electron chi connectivity index (χ0n) is 10.8. The van der Waals surface area contributed by atoms with Crippen molar-refractivity contribution < 1.29 is 23.5 Å². The van der Waals surface area contributed by atoms with E-state index < -0.39 is 29.6 Å². The van der Waals surface area contributed by atoms with Crippen LogP contribution in [0.4, 0.5) is 4.39 Å². The van der Waals surface area contributed by atoms with Crippen molar-refractivity contribution in [2.75, 3.05) is 6.61 Å². The Hall–Kier alpha value is -1.91. The van der Waals surface area contributed by atoms with Gasteiger partial charge < -0.3 is 9.47 Å². The van der Waals surface area contributed by atoms with E-state index in [-0.39, 0.29) is 6.61 Å². The Morgan fingerprint density at radius 3 is 2.58 bits per heavy atom. The van der Waals surface area contributed by atoms with E-state index in [0.29, 0.717) is 5.56 Å². The van der Waals surface area contributed by atoms with E-state index in [2.05, 4.69) is 0 Å². The number of hydrogen-bond donors (Lipinski definition) is 0. The first kappa shape index (κ1) is 13.5. The Morgan fingerprint density at radius 2 is 2.05 bits per heavy atom. The fourth-order valence-corrected chi connectivity index (χ4v) is 1.88. The number of carbonyl (C=O) groups excluding carboxylic acids is 2. The predicted octanol–water partition coefficient (Wildman–Crippen LogP) is 2.13. The van der Waals surface area contributed by atoms with Crippen LogP contribution in [0.1, 0.15) is 24.2 Å². The fraction of sp³-hybridized carbons (Fsp3) is 0.429. The van der Waals surface area contributed by atoms with E-state index in [9.17, 15) is 14.0 Å². The van der Waals surface area contributed by atoms with Gasteiger partial charge in [0.15, 0.2) is 0 Å². The van der Waals surface area contributed by atoms with Crippen molar-refractivity contribution in [2.45, 2.75) is 25.6 Å². The molecule has 0 spiro atoms. The first-order valence-electron chi connectivity index (χ1n) is 6.05. The summed E-state index contributed by atoms with van der Waals surface area (Å²) in [6.45, 7) is 2.60. The SMILES string of the molecule is CC1[C@@H](COC(=O)c2ccccc2)OC(=O)[C@]1(C)F. The van der Waals surface area contributed by atoms with E-state index in [4.69, 9.17) is 9.47 Å². The summed E-state index contributed by atoms with van der Waals surface area (Å²) < 4.78 is 23.8. The molecule has 1 saturated heterocycles. The lowest BCUT2D eigenvalue weighted by Crippen LogP contribution is -2.33. The Balaban J connectivity index is 1.94. The molecule has 0 aliphatic carbocycles. The lowest BCUT2D eigenvalue weighted by molar-refractivity contribution is -0.150. The number of benzene rings is 1. The summed E-state index contributed by atoms with van der Waals surface area (Å²) in [5.74, 6) is -2.07. The van der Waals surface area contributed by atoms with E-state index in [1.54, 1.807) is 37.3 Å². The molecule has 0 radical (unpaired) electrons. The molecule has 1 aromatic rings. The number of cyclic esters (lactones) is 1. The zero-order valence-corrected chi connectivity index (χ0v) is 10.8. The zero-order chi connectivity index (χ0) is 14.0. The van der Waals surface area contributed by atoms with Gasteiger partial charge in [0, 0.05) is 5.92 Å². The third-order valence-corrected chi connectivity index (χ3v) is 3.46. The summed E-state index contributed by atoms with van der Waals surface area (Å²) in [5.41, 5.74) is -1.62. The van der Waals surface area contributed by atoms with E-state index >= 15 is 0 Å². The molecular weight excluding hydrogens is 251 g/mol. The molecule has 1 fully saturated rings. The maximum Gasteiger partial charge on any atom is 0.344 e.